The van der Waals surface area contributed by atoms with Crippen molar-refractivity contribution in [2.45, 2.75) is 5.16 Å². The number of rotatable bonds is 3. The third-order valence-corrected chi connectivity index (χ3v) is 1.66. The highest BCUT2D eigenvalue weighted by Gasteiger charge is 1.90. The maximum Gasteiger partial charge on any atom is 0.165 e. The van der Waals surface area contributed by atoms with Crippen LogP contribution >= 0.6 is 11.8 Å². The number of aromatic amines is 1. The van der Waals surface area contributed by atoms with Crippen molar-refractivity contribution in [2.24, 2.45) is 5.16 Å². The molecule has 0 saturated carbocycles. The van der Waals surface area contributed by atoms with E-state index in [4.69, 9.17) is 5.21 Å². The first-order valence-corrected chi connectivity index (χ1v) is 3.70. The van der Waals surface area contributed by atoms with Gasteiger partial charge in [0, 0.05) is 18.1 Å². The Labute approximate surface area is 62.4 Å². The second-order valence-electron chi connectivity index (χ2n) is 1.50. The van der Waals surface area contributed by atoms with Crippen molar-refractivity contribution >= 4 is 18.0 Å². The number of nitrogens with zero attached hydrogens (tertiary/aromatic N) is 2. The quantitative estimate of drug-likeness (QED) is 0.297. The van der Waals surface area contributed by atoms with E-state index in [1.807, 2.05) is 0 Å². The molecule has 1 aromatic heterocycles. The monoisotopic (exact) mass is 157 g/mol. The molecule has 10 heavy (non-hydrogen) atoms. The van der Waals surface area contributed by atoms with Gasteiger partial charge in [-0.2, -0.15) is 0 Å². The molecular weight excluding hydrogens is 150 g/mol. The fourth-order valence-corrected chi connectivity index (χ4v) is 1.07. The molecule has 0 fully saturated rings. The Kier molecular flexibility index (Phi) is 2.82. The Morgan fingerprint density at radius 1 is 1.90 bits per heavy atom. The lowest BCUT2D eigenvalue weighted by molar-refractivity contribution is 0.321. The summed E-state index contributed by atoms with van der Waals surface area (Å²) < 4.78 is 0. The minimum absolute atomic E-state index is 0.629. The highest BCUT2D eigenvalue weighted by atomic mass is 32.2. The second kappa shape index (κ2) is 3.94. The van der Waals surface area contributed by atoms with Gasteiger partial charge < -0.3 is 10.2 Å². The Morgan fingerprint density at radius 2 is 2.80 bits per heavy atom. The van der Waals surface area contributed by atoms with E-state index in [-0.39, 0.29) is 0 Å². The van der Waals surface area contributed by atoms with Crippen molar-refractivity contribution < 1.29 is 5.21 Å². The van der Waals surface area contributed by atoms with Gasteiger partial charge in [-0.3, -0.25) is 0 Å². The number of imidazole rings is 1. The van der Waals surface area contributed by atoms with Crippen LogP contribution in [0.15, 0.2) is 22.7 Å². The van der Waals surface area contributed by atoms with Crippen LogP contribution in [0.2, 0.25) is 0 Å². The second-order valence-corrected chi connectivity index (χ2v) is 2.51. The molecule has 0 bridgehead atoms. The number of hydrogen-bond donors (Lipinski definition) is 2. The molecule has 2 N–H and O–H groups in total. The third kappa shape index (κ3) is 2.10. The lowest BCUT2D eigenvalue weighted by atomic mass is 10.9. The molecule has 0 amide bonds. The summed E-state index contributed by atoms with van der Waals surface area (Å²) in [7, 11) is 0. The van der Waals surface area contributed by atoms with Crippen LogP contribution in [-0.2, 0) is 0 Å². The molecule has 5 heteroatoms. The van der Waals surface area contributed by atoms with Gasteiger partial charge in [0.15, 0.2) is 5.16 Å². The van der Waals surface area contributed by atoms with Crippen molar-refractivity contribution in [2.75, 3.05) is 5.75 Å². The van der Waals surface area contributed by atoms with Gasteiger partial charge in [-0.05, 0) is 0 Å². The molecule has 1 rings (SSSR count). The number of aromatic nitrogens is 2. The van der Waals surface area contributed by atoms with E-state index in [1.165, 1.54) is 18.0 Å². The van der Waals surface area contributed by atoms with E-state index < -0.39 is 0 Å². The first-order valence-electron chi connectivity index (χ1n) is 2.71. The predicted molar refractivity (Wildman–Crippen MR) is 39.6 cm³/mol. The summed E-state index contributed by atoms with van der Waals surface area (Å²) in [5.41, 5.74) is 0. The molecule has 0 atom stereocenters. The predicted octanol–water partition coefficient (Wildman–Crippen LogP) is 0.962. The molecule has 0 unspecified atom stereocenters. The molecule has 0 aromatic carbocycles. The van der Waals surface area contributed by atoms with Gasteiger partial charge >= 0.3 is 0 Å². The molecule has 1 aromatic rings. The van der Waals surface area contributed by atoms with Gasteiger partial charge in [0.05, 0.1) is 6.21 Å². The lowest BCUT2D eigenvalue weighted by Gasteiger charge is -1.87. The fourth-order valence-electron chi connectivity index (χ4n) is 0.479. The number of oxime groups is 1. The standard InChI is InChI=1S/C5H7N3OS/c9-8-3-4-10-5-6-1-2-7-5/h1-3,9H,4H2,(H,6,7). The topological polar surface area (TPSA) is 61.3 Å². The molecule has 1 heterocycles. The Hall–Kier alpha value is -0.970. The summed E-state index contributed by atoms with van der Waals surface area (Å²) in [4.78, 5) is 6.86. The SMILES string of the molecule is ON=CCSc1ncc[nH]1. The highest BCUT2D eigenvalue weighted by molar-refractivity contribution is 7.99. The van der Waals surface area contributed by atoms with Crippen molar-refractivity contribution in [3.8, 4) is 0 Å². The fraction of sp³-hybridized carbons (Fsp3) is 0.200. The maximum absolute atomic E-state index is 8.02. The van der Waals surface area contributed by atoms with Crippen LogP contribution in [0.1, 0.15) is 0 Å². The zero-order valence-electron chi connectivity index (χ0n) is 5.19. The normalized spacial score (nSPS) is 10.8. The molecule has 0 saturated heterocycles. The van der Waals surface area contributed by atoms with Crippen LogP contribution in [-0.4, -0.2) is 27.1 Å². The summed E-state index contributed by atoms with van der Waals surface area (Å²) in [6, 6.07) is 0. The largest absolute Gasteiger partial charge is 0.411 e. The summed E-state index contributed by atoms with van der Waals surface area (Å²) in [6.45, 7) is 0. The van der Waals surface area contributed by atoms with Gasteiger partial charge in [-0.1, -0.05) is 11.8 Å². The first kappa shape index (κ1) is 7.14. The van der Waals surface area contributed by atoms with E-state index >= 15 is 0 Å². The Bertz CT molecular complexity index is 197. The van der Waals surface area contributed by atoms with Crippen LogP contribution in [0.25, 0.3) is 0 Å². The van der Waals surface area contributed by atoms with Crippen LogP contribution in [0.3, 0.4) is 0 Å². The Balaban J connectivity index is 2.28. The van der Waals surface area contributed by atoms with E-state index in [0.29, 0.717) is 5.75 Å². The van der Waals surface area contributed by atoms with Gasteiger partial charge in [0.1, 0.15) is 0 Å². The third-order valence-electron chi connectivity index (χ3n) is 0.849. The van der Waals surface area contributed by atoms with Gasteiger partial charge in [0.2, 0.25) is 0 Å². The average molecular weight is 157 g/mol. The summed E-state index contributed by atoms with van der Waals surface area (Å²) in [5.74, 6) is 0.629. The van der Waals surface area contributed by atoms with E-state index in [1.54, 1.807) is 12.4 Å². The summed E-state index contributed by atoms with van der Waals surface area (Å²) in [5, 5.41) is 11.7. The van der Waals surface area contributed by atoms with Crippen LogP contribution in [0, 0.1) is 0 Å². The smallest absolute Gasteiger partial charge is 0.165 e. The summed E-state index contributed by atoms with van der Waals surface area (Å²) in [6.07, 6.45) is 4.84. The molecule has 0 spiro atoms. The minimum Gasteiger partial charge on any atom is -0.411 e. The minimum atomic E-state index is 0.629. The van der Waals surface area contributed by atoms with Gasteiger partial charge in [-0.25, -0.2) is 4.98 Å². The number of nitrogens with one attached hydrogen (secondary N) is 1. The maximum atomic E-state index is 8.02. The van der Waals surface area contributed by atoms with Gasteiger partial charge in [0.25, 0.3) is 0 Å². The Morgan fingerprint density at radius 3 is 3.40 bits per heavy atom. The van der Waals surface area contributed by atoms with Crippen LogP contribution < -0.4 is 0 Å². The van der Waals surface area contributed by atoms with Crippen LogP contribution in [0.4, 0.5) is 0 Å². The van der Waals surface area contributed by atoms with Crippen molar-refractivity contribution in [3.05, 3.63) is 12.4 Å². The van der Waals surface area contributed by atoms with E-state index in [0.717, 1.165) is 5.16 Å². The van der Waals surface area contributed by atoms with Crippen molar-refractivity contribution in [1.82, 2.24) is 9.97 Å². The number of thioether (sulfide) groups is 1. The van der Waals surface area contributed by atoms with Crippen molar-refractivity contribution in [1.29, 1.82) is 0 Å². The first-order chi connectivity index (χ1) is 4.93. The molecule has 0 aliphatic rings. The summed E-state index contributed by atoms with van der Waals surface area (Å²) >= 11 is 1.48. The molecule has 54 valence electrons. The van der Waals surface area contributed by atoms with Crippen molar-refractivity contribution in [3.63, 3.8) is 0 Å². The molecule has 0 aliphatic carbocycles. The highest BCUT2D eigenvalue weighted by Crippen LogP contribution is 2.08. The molecule has 0 radical (unpaired) electrons. The van der Waals surface area contributed by atoms with Gasteiger partial charge in [-0.15, -0.1) is 5.16 Å². The zero-order valence-corrected chi connectivity index (χ0v) is 6.01. The molecule has 0 aliphatic heterocycles. The number of H-pyrrole nitrogens is 1. The van der Waals surface area contributed by atoms with E-state index in [9.17, 15) is 0 Å². The molecular formula is C5H7N3OS. The van der Waals surface area contributed by atoms with Crippen LogP contribution in [0.5, 0.6) is 0 Å². The number of hydrogen-bond acceptors (Lipinski definition) is 4. The lowest BCUT2D eigenvalue weighted by Crippen LogP contribution is -1.80. The van der Waals surface area contributed by atoms with E-state index in [2.05, 4.69) is 15.1 Å². The zero-order chi connectivity index (χ0) is 7.23. The average Bonchev–Trinajstić information content (AvgIpc) is 2.41. The molecule has 4 nitrogen and oxygen atoms in total.